The van der Waals surface area contributed by atoms with Crippen LogP contribution in [-0.2, 0) is 18.3 Å². The number of H-pyrrole nitrogens is 1. The highest BCUT2D eigenvalue weighted by Gasteiger charge is 2.29. The van der Waals surface area contributed by atoms with Gasteiger partial charge in [0, 0.05) is 44.5 Å². The number of aromatic amines is 1. The monoisotopic (exact) mass is 371 g/mol. The first-order valence-electron chi connectivity index (χ1n) is 9.11. The molecular formula is C18H25N7O2. The highest BCUT2D eigenvalue weighted by molar-refractivity contribution is 5.97. The maximum Gasteiger partial charge on any atom is 0.263 e. The predicted molar refractivity (Wildman–Crippen MR) is 105 cm³/mol. The van der Waals surface area contributed by atoms with Crippen LogP contribution in [0.2, 0.25) is 0 Å². The Hall–Kier alpha value is -2.81. The van der Waals surface area contributed by atoms with Crippen molar-refractivity contribution in [1.29, 1.82) is 0 Å². The van der Waals surface area contributed by atoms with Crippen molar-refractivity contribution in [1.82, 2.24) is 24.5 Å². The van der Waals surface area contributed by atoms with Crippen molar-refractivity contribution >= 4 is 22.5 Å². The van der Waals surface area contributed by atoms with E-state index < -0.39 is 0 Å². The molecule has 1 aliphatic rings. The molecular weight excluding hydrogens is 346 g/mol. The number of aryl methyl sites for hydroxylation is 2. The topological polar surface area (TPSA) is 107 Å². The van der Waals surface area contributed by atoms with E-state index in [0.29, 0.717) is 24.1 Å². The van der Waals surface area contributed by atoms with Crippen LogP contribution in [0.25, 0.3) is 22.2 Å². The molecule has 1 aliphatic heterocycles. The van der Waals surface area contributed by atoms with Crippen LogP contribution in [0.3, 0.4) is 0 Å². The number of aromatic nitrogens is 5. The molecule has 0 bridgehead atoms. The number of pyridine rings is 1. The summed E-state index contributed by atoms with van der Waals surface area (Å²) in [6, 6.07) is 2.04. The normalized spacial score (nSPS) is 17.0. The summed E-state index contributed by atoms with van der Waals surface area (Å²) in [5.41, 5.74) is 7.78. The van der Waals surface area contributed by atoms with Gasteiger partial charge in [0.25, 0.3) is 5.56 Å². The fourth-order valence-electron chi connectivity index (χ4n) is 3.72. The number of anilines is 2. The molecule has 0 aliphatic carbocycles. The van der Waals surface area contributed by atoms with Gasteiger partial charge in [-0.2, -0.15) is 10.2 Å². The van der Waals surface area contributed by atoms with Gasteiger partial charge < -0.3 is 19.9 Å². The van der Waals surface area contributed by atoms with E-state index in [9.17, 15) is 4.79 Å². The molecule has 27 heavy (non-hydrogen) atoms. The number of nitrogens with one attached hydrogen (secondary N) is 1. The van der Waals surface area contributed by atoms with E-state index in [1.807, 2.05) is 30.9 Å². The zero-order valence-electron chi connectivity index (χ0n) is 16.1. The van der Waals surface area contributed by atoms with Gasteiger partial charge in [-0.05, 0) is 20.8 Å². The lowest BCUT2D eigenvalue weighted by Crippen LogP contribution is -2.48. The Morgan fingerprint density at radius 1 is 1.41 bits per heavy atom. The fourth-order valence-corrected chi connectivity index (χ4v) is 3.72. The van der Waals surface area contributed by atoms with E-state index in [-0.39, 0.29) is 17.0 Å². The molecule has 0 unspecified atom stereocenters. The molecule has 0 saturated carbocycles. The van der Waals surface area contributed by atoms with Gasteiger partial charge in [-0.25, -0.2) is 0 Å². The summed E-state index contributed by atoms with van der Waals surface area (Å²) in [5.74, 6) is 1.22. The first kappa shape index (κ1) is 17.6. The van der Waals surface area contributed by atoms with Crippen LogP contribution in [0.5, 0.6) is 0 Å². The van der Waals surface area contributed by atoms with Crippen LogP contribution >= 0.6 is 0 Å². The van der Waals surface area contributed by atoms with E-state index in [1.54, 1.807) is 4.57 Å². The molecule has 1 fully saturated rings. The molecule has 4 heterocycles. The van der Waals surface area contributed by atoms with E-state index >= 15 is 0 Å². The van der Waals surface area contributed by atoms with Crippen LogP contribution in [0.1, 0.15) is 20.8 Å². The Labute approximate surface area is 156 Å². The molecule has 0 aromatic carbocycles. The van der Waals surface area contributed by atoms with Crippen molar-refractivity contribution in [2.75, 3.05) is 30.3 Å². The summed E-state index contributed by atoms with van der Waals surface area (Å²) in [7, 11) is 1.93. The number of morpholine rings is 1. The van der Waals surface area contributed by atoms with Crippen LogP contribution in [0.15, 0.2) is 17.1 Å². The number of nitrogens with two attached hydrogens (primary N) is 1. The molecule has 0 atom stereocenters. The zero-order chi connectivity index (χ0) is 19.3. The second-order valence-electron chi connectivity index (χ2n) is 7.53. The van der Waals surface area contributed by atoms with Crippen LogP contribution in [0, 0.1) is 0 Å². The molecule has 0 radical (unpaired) electrons. The Balaban J connectivity index is 1.84. The second kappa shape index (κ2) is 6.12. The Morgan fingerprint density at radius 2 is 2.19 bits per heavy atom. The van der Waals surface area contributed by atoms with Crippen LogP contribution in [0.4, 0.5) is 11.6 Å². The van der Waals surface area contributed by atoms with Gasteiger partial charge in [-0.1, -0.05) is 0 Å². The van der Waals surface area contributed by atoms with Crippen molar-refractivity contribution in [3.05, 3.63) is 22.6 Å². The number of fused-ring (bicyclic) bond motifs is 1. The third-order valence-corrected chi connectivity index (χ3v) is 5.04. The molecule has 0 amide bonds. The lowest BCUT2D eigenvalue weighted by molar-refractivity contribution is -0.0280. The molecule has 3 aromatic rings. The first-order valence-corrected chi connectivity index (χ1v) is 9.11. The van der Waals surface area contributed by atoms with Crippen molar-refractivity contribution in [3.63, 3.8) is 0 Å². The summed E-state index contributed by atoms with van der Waals surface area (Å²) in [5, 5.41) is 12.0. The van der Waals surface area contributed by atoms with Crippen molar-refractivity contribution in [2.45, 2.75) is 32.9 Å². The van der Waals surface area contributed by atoms with Crippen molar-refractivity contribution in [3.8, 4) is 11.3 Å². The minimum absolute atomic E-state index is 0.145. The van der Waals surface area contributed by atoms with E-state index in [0.717, 1.165) is 30.2 Å². The molecule has 9 heteroatoms. The van der Waals surface area contributed by atoms with Crippen molar-refractivity contribution in [2.24, 2.45) is 7.05 Å². The van der Waals surface area contributed by atoms with Gasteiger partial charge in [-0.3, -0.25) is 14.6 Å². The average molecular weight is 371 g/mol. The highest BCUT2D eigenvalue weighted by Crippen LogP contribution is 2.31. The van der Waals surface area contributed by atoms with Crippen LogP contribution < -0.4 is 16.2 Å². The number of hydrogen-bond donors (Lipinski definition) is 2. The smallest absolute Gasteiger partial charge is 0.263 e. The summed E-state index contributed by atoms with van der Waals surface area (Å²) in [6.45, 7) is 8.91. The van der Waals surface area contributed by atoms with Gasteiger partial charge in [0.05, 0.1) is 23.4 Å². The maximum atomic E-state index is 12.6. The Kier molecular flexibility index (Phi) is 3.99. The lowest BCUT2D eigenvalue weighted by Gasteiger charge is -2.39. The first-order chi connectivity index (χ1) is 12.8. The number of hydrogen-bond acceptors (Lipinski definition) is 6. The summed E-state index contributed by atoms with van der Waals surface area (Å²) >= 11 is 0. The Morgan fingerprint density at radius 3 is 2.89 bits per heavy atom. The molecule has 3 N–H and O–H groups in total. The predicted octanol–water partition coefficient (Wildman–Crippen LogP) is 1.34. The minimum Gasteiger partial charge on any atom is -0.382 e. The number of rotatable bonds is 3. The molecule has 4 rings (SSSR count). The number of ether oxygens (including phenoxy) is 1. The van der Waals surface area contributed by atoms with Gasteiger partial charge >= 0.3 is 0 Å². The SMILES string of the molecule is CCn1cc(-c2cc(N3CCOC(C)(C)C3)n(C)n2)c2[nH]nc(N)c2c1=O. The average Bonchev–Trinajstić information content (AvgIpc) is 3.18. The number of nitrogens with zero attached hydrogens (tertiary/aromatic N) is 5. The third-order valence-electron chi connectivity index (χ3n) is 5.04. The van der Waals surface area contributed by atoms with E-state index in [1.165, 1.54) is 0 Å². The maximum absolute atomic E-state index is 12.6. The van der Waals surface area contributed by atoms with E-state index in [2.05, 4.69) is 28.9 Å². The third kappa shape index (κ3) is 2.87. The Bertz CT molecular complexity index is 1060. The largest absolute Gasteiger partial charge is 0.382 e. The molecule has 0 spiro atoms. The minimum atomic E-state index is -0.205. The molecule has 3 aromatic heterocycles. The summed E-state index contributed by atoms with van der Waals surface area (Å²) in [4.78, 5) is 14.9. The van der Waals surface area contributed by atoms with Gasteiger partial charge in [-0.15, -0.1) is 0 Å². The standard InChI is InChI=1S/C18H25N7O2/c1-5-24-9-11(15-14(17(24)26)16(19)21-20-15)12-8-13(23(4)22-12)25-6-7-27-18(2,3)10-25/h8-9H,5-7,10H2,1-4H3,(H3,19,20,21). The van der Waals surface area contributed by atoms with Crippen molar-refractivity contribution < 1.29 is 4.74 Å². The fraction of sp³-hybridized carbons (Fsp3) is 0.500. The van der Waals surface area contributed by atoms with Gasteiger partial charge in [0.15, 0.2) is 5.82 Å². The lowest BCUT2D eigenvalue weighted by atomic mass is 10.1. The zero-order valence-corrected chi connectivity index (χ0v) is 16.1. The number of nitrogen functional groups attached to an aromatic ring is 1. The molecule has 144 valence electrons. The molecule has 1 saturated heterocycles. The summed E-state index contributed by atoms with van der Waals surface area (Å²) < 4.78 is 9.32. The highest BCUT2D eigenvalue weighted by atomic mass is 16.5. The van der Waals surface area contributed by atoms with Gasteiger partial charge in [0.1, 0.15) is 11.2 Å². The van der Waals surface area contributed by atoms with Crippen LogP contribution in [-0.4, -0.2) is 49.8 Å². The van der Waals surface area contributed by atoms with Gasteiger partial charge in [0.2, 0.25) is 0 Å². The second-order valence-corrected chi connectivity index (χ2v) is 7.53. The molecule has 9 nitrogen and oxygen atoms in total. The van der Waals surface area contributed by atoms with E-state index in [4.69, 9.17) is 15.6 Å². The summed E-state index contributed by atoms with van der Waals surface area (Å²) in [6.07, 6.45) is 1.82. The quantitative estimate of drug-likeness (QED) is 0.719.